The number of carbonyl (C=O) groups is 1. The average Bonchev–Trinajstić information content (AvgIpc) is 3.45. The van der Waals surface area contributed by atoms with Gasteiger partial charge < -0.3 is 9.80 Å². The van der Waals surface area contributed by atoms with E-state index < -0.39 is 26.1 Å². The third kappa shape index (κ3) is 4.67. The number of halogens is 2. The van der Waals surface area contributed by atoms with Crippen molar-refractivity contribution in [2.75, 3.05) is 37.3 Å². The number of hydrogen-bond donors (Lipinski definition) is 1. The van der Waals surface area contributed by atoms with E-state index in [0.717, 1.165) is 11.8 Å². The predicted octanol–water partition coefficient (Wildman–Crippen LogP) is 5.70. The molecule has 0 atom stereocenters. The molecule has 0 radical (unpaired) electrons. The summed E-state index contributed by atoms with van der Waals surface area (Å²) in [6.07, 6.45) is 5.47. The summed E-state index contributed by atoms with van der Waals surface area (Å²) in [6.45, 7) is 12.7. The normalized spacial score (nSPS) is 15.8. The number of fused-ring (bicyclic) bond motifs is 2. The van der Waals surface area contributed by atoms with E-state index in [9.17, 15) is 18.0 Å². The average molecular weight is 689 g/mol. The van der Waals surface area contributed by atoms with Crippen LogP contribution in [0.3, 0.4) is 0 Å². The van der Waals surface area contributed by atoms with E-state index in [-0.39, 0.29) is 44.4 Å². The van der Waals surface area contributed by atoms with Crippen molar-refractivity contribution in [1.29, 1.82) is 0 Å². The van der Waals surface area contributed by atoms with Crippen molar-refractivity contribution in [2.45, 2.75) is 38.5 Å². The number of H-pyrrole nitrogens is 1. The first kappa shape index (κ1) is 32.0. The second-order valence-electron chi connectivity index (χ2n) is 13.4. The molecule has 48 heavy (non-hydrogen) atoms. The van der Waals surface area contributed by atoms with Gasteiger partial charge in [0.05, 0.1) is 39.3 Å². The van der Waals surface area contributed by atoms with Crippen LogP contribution in [0.15, 0.2) is 59.0 Å². The molecule has 1 spiro atoms. The summed E-state index contributed by atoms with van der Waals surface area (Å²) in [5.41, 5.74) is 2.30. The minimum absolute atomic E-state index is 0.0522. The SMILES string of the molecule is C=CC(=O)N1CC2(C1)CN(c1c(S(C)(=O)=O)c(=O)n(-c3c(C)ccnc3C(C)C)c3c(F)c(-c4c(C)ccc5[nH]ncc45)c(Cl)cc13)C2. The highest BCUT2D eigenvalue weighted by atomic mass is 35.5. The first-order valence-electron chi connectivity index (χ1n) is 15.5. The second-order valence-corrected chi connectivity index (χ2v) is 15.8. The van der Waals surface area contributed by atoms with Crippen LogP contribution in [-0.4, -0.2) is 71.4 Å². The molecule has 1 amide bonds. The number of rotatable bonds is 6. The van der Waals surface area contributed by atoms with Gasteiger partial charge in [0, 0.05) is 65.9 Å². The standard InChI is InChI=1S/C35H34ClFN6O4S/c1-7-25(44)41-14-35(15-41)16-42(17-35)32-21-12-23(36)27(26-19(4)8-9-24-22(26)13-39-40-24)28(37)31(21)43(34(45)33(32)48(6,46)47)30-20(5)10-11-38-29(30)18(2)3/h7-13,18H,1,14-17H2,2-6H3,(H,39,40). The molecule has 248 valence electrons. The highest BCUT2D eigenvalue weighted by Crippen LogP contribution is 2.48. The van der Waals surface area contributed by atoms with Gasteiger partial charge in [0.15, 0.2) is 20.5 Å². The fourth-order valence-electron chi connectivity index (χ4n) is 7.44. The summed E-state index contributed by atoms with van der Waals surface area (Å²) in [6, 6.07) is 6.96. The van der Waals surface area contributed by atoms with Gasteiger partial charge in [-0.05, 0) is 55.2 Å². The number of nitrogens with one attached hydrogen (secondary N) is 1. The fraction of sp³-hybridized carbons (Fsp3) is 0.314. The van der Waals surface area contributed by atoms with Crippen molar-refractivity contribution >= 4 is 54.8 Å². The van der Waals surface area contributed by atoms with Crippen LogP contribution in [0, 0.1) is 25.1 Å². The number of hydrogen-bond acceptors (Lipinski definition) is 7. The maximum atomic E-state index is 17.7. The fourth-order valence-corrected chi connectivity index (χ4v) is 8.72. The van der Waals surface area contributed by atoms with E-state index in [4.69, 9.17) is 11.6 Å². The lowest BCUT2D eigenvalue weighted by atomic mass is 9.72. The minimum Gasteiger partial charge on any atom is -0.368 e. The Morgan fingerprint density at radius 3 is 2.44 bits per heavy atom. The highest BCUT2D eigenvalue weighted by Gasteiger charge is 2.54. The Balaban J connectivity index is 1.59. The number of aromatic nitrogens is 4. The molecule has 2 aliphatic heterocycles. The number of aromatic amines is 1. The van der Waals surface area contributed by atoms with Gasteiger partial charge in [-0.25, -0.2) is 12.8 Å². The summed E-state index contributed by atoms with van der Waals surface area (Å²) in [5.74, 6) is -1.14. The van der Waals surface area contributed by atoms with Crippen molar-refractivity contribution in [2.24, 2.45) is 5.41 Å². The Hall–Kier alpha value is -4.55. The van der Waals surface area contributed by atoms with E-state index in [2.05, 4.69) is 21.8 Å². The Kier molecular flexibility index (Phi) is 7.33. The van der Waals surface area contributed by atoms with Crippen LogP contribution < -0.4 is 10.5 Å². The largest absolute Gasteiger partial charge is 0.368 e. The van der Waals surface area contributed by atoms with Crippen LogP contribution in [0.2, 0.25) is 5.02 Å². The van der Waals surface area contributed by atoms with E-state index in [1.165, 1.54) is 10.6 Å². The van der Waals surface area contributed by atoms with Gasteiger partial charge in [-0.3, -0.25) is 24.2 Å². The second kappa shape index (κ2) is 11.0. The molecular weight excluding hydrogens is 655 g/mol. The molecule has 13 heteroatoms. The summed E-state index contributed by atoms with van der Waals surface area (Å²) >= 11 is 7.01. The van der Waals surface area contributed by atoms with E-state index in [1.807, 2.05) is 32.9 Å². The Bertz CT molecular complexity index is 2390. The number of pyridine rings is 2. The molecule has 2 fully saturated rings. The Labute approximate surface area is 281 Å². The minimum atomic E-state index is -4.17. The molecule has 3 aromatic heterocycles. The van der Waals surface area contributed by atoms with Crippen LogP contribution in [0.25, 0.3) is 38.6 Å². The molecule has 0 saturated carbocycles. The zero-order chi connectivity index (χ0) is 34.4. The van der Waals surface area contributed by atoms with E-state index in [0.29, 0.717) is 59.6 Å². The molecule has 2 aromatic carbocycles. The molecule has 10 nitrogen and oxygen atoms in total. The number of nitrogens with zero attached hydrogens (tertiary/aromatic N) is 5. The molecule has 5 heterocycles. The van der Waals surface area contributed by atoms with Crippen molar-refractivity contribution in [3.05, 3.63) is 87.3 Å². The number of amides is 1. The van der Waals surface area contributed by atoms with Gasteiger partial charge >= 0.3 is 0 Å². The molecule has 0 bridgehead atoms. The lowest BCUT2D eigenvalue weighted by Gasteiger charge is -2.61. The molecule has 0 aliphatic carbocycles. The molecule has 1 N–H and O–H groups in total. The third-order valence-electron chi connectivity index (χ3n) is 9.57. The predicted molar refractivity (Wildman–Crippen MR) is 185 cm³/mol. The van der Waals surface area contributed by atoms with Gasteiger partial charge in [-0.1, -0.05) is 38.1 Å². The summed E-state index contributed by atoms with van der Waals surface area (Å²) in [7, 11) is -4.17. The van der Waals surface area contributed by atoms with Crippen LogP contribution in [0.4, 0.5) is 10.1 Å². The van der Waals surface area contributed by atoms with Crippen molar-refractivity contribution in [1.82, 2.24) is 24.6 Å². The van der Waals surface area contributed by atoms with Crippen LogP contribution in [0.1, 0.15) is 36.6 Å². The van der Waals surface area contributed by atoms with Gasteiger partial charge in [0.1, 0.15) is 0 Å². The molecular formula is C35H34ClFN6O4S. The van der Waals surface area contributed by atoms with Gasteiger partial charge in [0.25, 0.3) is 5.56 Å². The van der Waals surface area contributed by atoms with E-state index in [1.54, 1.807) is 41.2 Å². The Morgan fingerprint density at radius 2 is 1.79 bits per heavy atom. The number of aryl methyl sites for hydroxylation is 2. The van der Waals surface area contributed by atoms with Crippen molar-refractivity contribution in [3.63, 3.8) is 0 Å². The lowest BCUT2D eigenvalue weighted by molar-refractivity contribution is -0.139. The maximum Gasteiger partial charge on any atom is 0.276 e. The number of anilines is 1. The van der Waals surface area contributed by atoms with Crippen LogP contribution in [0.5, 0.6) is 0 Å². The Morgan fingerprint density at radius 1 is 1.08 bits per heavy atom. The highest BCUT2D eigenvalue weighted by molar-refractivity contribution is 7.90. The zero-order valence-corrected chi connectivity index (χ0v) is 28.8. The monoisotopic (exact) mass is 688 g/mol. The molecule has 5 aromatic rings. The van der Waals surface area contributed by atoms with Crippen molar-refractivity contribution in [3.8, 4) is 16.8 Å². The number of carbonyl (C=O) groups excluding carboxylic acids is 1. The maximum absolute atomic E-state index is 17.7. The third-order valence-corrected chi connectivity index (χ3v) is 11.0. The smallest absolute Gasteiger partial charge is 0.276 e. The number of likely N-dealkylation sites (tertiary alicyclic amines) is 1. The van der Waals surface area contributed by atoms with Gasteiger partial charge in [0.2, 0.25) is 5.91 Å². The topological polar surface area (TPSA) is 121 Å². The van der Waals surface area contributed by atoms with Crippen molar-refractivity contribution < 1.29 is 17.6 Å². The van der Waals surface area contributed by atoms with Gasteiger partial charge in [-0.2, -0.15) is 5.10 Å². The summed E-state index contributed by atoms with van der Waals surface area (Å²) < 4.78 is 46.2. The molecule has 7 rings (SSSR count). The van der Waals surface area contributed by atoms with Gasteiger partial charge in [-0.15, -0.1) is 0 Å². The zero-order valence-electron chi connectivity index (χ0n) is 27.2. The molecule has 0 unspecified atom stereocenters. The van der Waals surface area contributed by atoms with Crippen LogP contribution in [-0.2, 0) is 14.6 Å². The molecule has 2 aliphatic rings. The summed E-state index contributed by atoms with van der Waals surface area (Å²) in [4.78, 5) is 34.6. The quantitative estimate of drug-likeness (QED) is 0.227. The van der Waals surface area contributed by atoms with Crippen LogP contribution >= 0.6 is 11.6 Å². The molecule has 2 saturated heterocycles. The number of sulfone groups is 1. The number of benzene rings is 2. The first-order valence-corrected chi connectivity index (χ1v) is 17.8. The summed E-state index contributed by atoms with van der Waals surface area (Å²) in [5, 5.41) is 7.96. The first-order chi connectivity index (χ1) is 22.7. The lowest BCUT2D eigenvalue weighted by Crippen LogP contribution is -2.73. The van der Waals surface area contributed by atoms with E-state index >= 15 is 4.39 Å².